The van der Waals surface area contributed by atoms with Crippen molar-refractivity contribution in [1.29, 1.82) is 0 Å². The Hall–Kier alpha value is -4.03. The summed E-state index contributed by atoms with van der Waals surface area (Å²) in [5, 5.41) is 11.0. The molecule has 34 heavy (non-hydrogen) atoms. The molecule has 0 aliphatic carbocycles. The summed E-state index contributed by atoms with van der Waals surface area (Å²) in [4.78, 5) is 12.9. The molecule has 0 saturated heterocycles. The highest BCUT2D eigenvalue weighted by Crippen LogP contribution is 2.31. The summed E-state index contributed by atoms with van der Waals surface area (Å²) in [6.45, 7) is 2.04. The first-order valence-electron chi connectivity index (χ1n) is 10.8. The number of rotatable bonds is 5. The summed E-state index contributed by atoms with van der Waals surface area (Å²) in [7, 11) is 0. The molecule has 1 aromatic heterocycles. The van der Waals surface area contributed by atoms with Gasteiger partial charge in [0.05, 0.1) is 17.6 Å². The van der Waals surface area contributed by atoms with Gasteiger partial charge in [-0.3, -0.25) is 4.79 Å². The smallest absolute Gasteiger partial charge is 0.265 e. The molecule has 0 atom stereocenters. The Balaban J connectivity index is 1.53. The number of hydrogen-bond donors (Lipinski definition) is 1. The molecule has 5 rings (SSSR count). The van der Waals surface area contributed by atoms with Crippen molar-refractivity contribution >= 4 is 38.8 Å². The fourth-order valence-electron chi connectivity index (χ4n) is 3.79. The molecule has 1 heterocycles. The molecule has 1 N–H and O–H groups in total. The lowest BCUT2D eigenvalue weighted by atomic mass is 10.0. The van der Waals surface area contributed by atoms with E-state index in [-0.39, 0.29) is 11.6 Å². The number of benzene rings is 4. The maximum Gasteiger partial charge on any atom is 0.291 e. The van der Waals surface area contributed by atoms with E-state index in [1.54, 1.807) is 6.21 Å². The highest BCUT2D eigenvalue weighted by atomic mass is 79.9. The molecule has 4 aromatic carbocycles. The Morgan fingerprint density at radius 3 is 2.47 bits per heavy atom. The zero-order valence-corrected chi connectivity index (χ0v) is 20.0. The summed E-state index contributed by atoms with van der Waals surface area (Å²) in [6.07, 6.45) is 1.60. The molecule has 0 fully saturated rings. The number of carbonyl (C=O) groups excluding carboxylic acids is 1. The predicted octanol–water partition coefficient (Wildman–Crippen LogP) is 6.53. The van der Waals surface area contributed by atoms with Crippen LogP contribution in [0, 0.1) is 6.92 Å². The van der Waals surface area contributed by atoms with Crippen LogP contribution in [0.15, 0.2) is 107 Å². The van der Waals surface area contributed by atoms with E-state index < -0.39 is 0 Å². The van der Waals surface area contributed by atoms with Crippen molar-refractivity contribution < 1.29 is 4.79 Å². The van der Waals surface area contributed by atoms with E-state index >= 15 is 0 Å². The largest absolute Gasteiger partial charge is 0.291 e. The molecule has 5 nitrogen and oxygen atoms in total. The van der Waals surface area contributed by atoms with Crippen molar-refractivity contribution in [2.45, 2.75) is 6.92 Å². The average Bonchev–Trinajstić information content (AvgIpc) is 3.31. The summed E-state index contributed by atoms with van der Waals surface area (Å²) >= 11 is 3.41. The van der Waals surface area contributed by atoms with Crippen molar-refractivity contribution in [3.63, 3.8) is 0 Å². The number of hydrazone groups is 1. The molecular weight excluding hydrogens is 488 g/mol. The Morgan fingerprint density at radius 2 is 1.68 bits per heavy atom. The third kappa shape index (κ3) is 4.54. The maximum atomic E-state index is 12.9. The third-order valence-corrected chi connectivity index (χ3v) is 6.06. The first-order valence-corrected chi connectivity index (χ1v) is 11.6. The Labute approximate surface area is 205 Å². The van der Waals surface area contributed by atoms with E-state index in [0.717, 1.165) is 43.3 Å². The number of nitrogens with zero attached hydrogens (tertiary/aromatic N) is 3. The molecule has 0 aliphatic rings. The quantitative estimate of drug-likeness (QED) is 0.216. The second kappa shape index (κ2) is 9.45. The molecule has 0 bridgehead atoms. The van der Waals surface area contributed by atoms with Crippen molar-refractivity contribution in [2.24, 2.45) is 5.10 Å². The van der Waals surface area contributed by atoms with Gasteiger partial charge in [0.15, 0.2) is 5.69 Å². The number of amides is 1. The number of carbonyl (C=O) groups is 1. The predicted molar refractivity (Wildman–Crippen MR) is 140 cm³/mol. The molecule has 0 saturated carbocycles. The number of aromatic nitrogens is 2. The minimum absolute atomic E-state index is 0.288. The van der Waals surface area contributed by atoms with Crippen LogP contribution in [0.2, 0.25) is 0 Å². The van der Waals surface area contributed by atoms with E-state index in [0.29, 0.717) is 0 Å². The van der Waals surface area contributed by atoms with E-state index in [9.17, 15) is 4.79 Å². The standard InChI is InChI=1S/C28H21BrN4O/c1-19-9-15-23(16-10-19)33-27(25-8-4-6-21-5-2-3-7-24(21)25)17-26(32-33)28(34)31-30-18-20-11-13-22(29)14-12-20/h2-18H,1H3,(H,31,34)/b30-18-. The van der Waals surface area contributed by atoms with Gasteiger partial charge in [0.1, 0.15) is 0 Å². The fraction of sp³-hybridized carbons (Fsp3) is 0.0357. The van der Waals surface area contributed by atoms with Gasteiger partial charge in [0.25, 0.3) is 5.91 Å². The number of hydrogen-bond acceptors (Lipinski definition) is 3. The van der Waals surface area contributed by atoms with Crippen LogP contribution in [0.25, 0.3) is 27.7 Å². The molecule has 1 amide bonds. The van der Waals surface area contributed by atoms with E-state index in [2.05, 4.69) is 55.8 Å². The van der Waals surface area contributed by atoms with Crippen molar-refractivity contribution in [1.82, 2.24) is 15.2 Å². The summed E-state index contributed by atoms with van der Waals surface area (Å²) in [6, 6.07) is 31.9. The topological polar surface area (TPSA) is 59.3 Å². The lowest BCUT2D eigenvalue weighted by Crippen LogP contribution is -2.18. The van der Waals surface area contributed by atoms with Gasteiger partial charge < -0.3 is 0 Å². The lowest BCUT2D eigenvalue weighted by Gasteiger charge is -2.10. The van der Waals surface area contributed by atoms with Gasteiger partial charge in [-0.25, -0.2) is 10.1 Å². The second-order valence-corrected chi connectivity index (χ2v) is 8.86. The van der Waals surface area contributed by atoms with Crippen molar-refractivity contribution in [3.8, 4) is 16.9 Å². The average molecular weight is 509 g/mol. The van der Waals surface area contributed by atoms with Crippen LogP contribution in [-0.2, 0) is 0 Å². The first-order chi connectivity index (χ1) is 16.6. The van der Waals surface area contributed by atoms with Crippen LogP contribution in [0.5, 0.6) is 0 Å². The van der Waals surface area contributed by atoms with Crippen LogP contribution >= 0.6 is 15.9 Å². The molecule has 0 unspecified atom stereocenters. The summed E-state index contributed by atoms with van der Waals surface area (Å²) < 4.78 is 2.80. The maximum absolute atomic E-state index is 12.9. The molecule has 0 spiro atoms. The molecule has 0 aliphatic heterocycles. The second-order valence-electron chi connectivity index (χ2n) is 7.94. The van der Waals surface area contributed by atoms with Gasteiger partial charge in [-0.15, -0.1) is 0 Å². The van der Waals surface area contributed by atoms with Crippen LogP contribution in [0.3, 0.4) is 0 Å². The van der Waals surface area contributed by atoms with Gasteiger partial charge in [0.2, 0.25) is 0 Å². The van der Waals surface area contributed by atoms with Gasteiger partial charge >= 0.3 is 0 Å². The van der Waals surface area contributed by atoms with Gasteiger partial charge in [0, 0.05) is 10.0 Å². The van der Waals surface area contributed by atoms with Gasteiger partial charge in [-0.05, 0) is 53.6 Å². The molecule has 5 aromatic rings. The van der Waals surface area contributed by atoms with Crippen molar-refractivity contribution in [2.75, 3.05) is 0 Å². The van der Waals surface area contributed by atoms with Crippen molar-refractivity contribution in [3.05, 3.63) is 118 Å². The Kier molecular flexibility index (Phi) is 6.06. The van der Waals surface area contributed by atoms with Gasteiger partial charge in [-0.2, -0.15) is 10.2 Å². The fourth-order valence-corrected chi connectivity index (χ4v) is 4.05. The highest BCUT2D eigenvalue weighted by molar-refractivity contribution is 9.10. The summed E-state index contributed by atoms with van der Waals surface area (Å²) in [5.74, 6) is -0.374. The third-order valence-electron chi connectivity index (χ3n) is 5.54. The number of fused-ring (bicyclic) bond motifs is 1. The number of aryl methyl sites for hydroxylation is 1. The zero-order valence-electron chi connectivity index (χ0n) is 18.4. The Morgan fingerprint density at radius 1 is 0.941 bits per heavy atom. The van der Waals surface area contributed by atoms with Gasteiger partial charge in [-0.1, -0.05) is 88.2 Å². The molecular formula is C28H21BrN4O. The highest BCUT2D eigenvalue weighted by Gasteiger charge is 2.18. The SMILES string of the molecule is Cc1ccc(-n2nc(C(=O)N/N=C\c3ccc(Br)cc3)cc2-c2cccc3ccccc23)cc1. The lowest BCUT2D eigenvalue weighted by molar-refractivity contribution is 0.0949. The monoisotopic (exact) mass is 508 g/mol. The zero-order chi connectivity index (χ0) is 23.5. The first kappa shape index (κ1) is 21.8. The van der Waals surface area contributed by atoms with E-state index in [1.165, 1.54) is 0 Å². The molecule has 6 heteroatoms. The summed E-state index contributed by atoms with van der Waals surface area (Å²) in [5.41, 5.74) is 7.64. The molecule has 0 radical (unpaired) electrons. The van der Waals surface area contributed by atoms with Crippen LogP contribution in [0.4, 0.5) is 0 Å². The van der Waals surface area contributed by atoms with Crippen LogP contribution < -0.4 is 5.43 Å². The molecule has 166 valence electrons. The van der Waals surface area contributed by atoms with E-state index in [1.807, 2.05) is 84.4 Å². The minimum atomic E-state index is -0.374. The van der Waals surface area contributed by atoms with Crippen LogP contribution in [0.1, 0.15) is 21.6 Å². The Bertz CT molecular complexity index is 1500. The normalized spacial score (nSPS) is 11.2. The van der Waals surface area contributed by atoms with E-state index in [4.69, 9.17) is 0 Å². The number of halogens is 1. The van der Waals surface area contributed by atoms with Crippen LogP contribution in [-0.4, -0.2) is 21.9 Å². The minimum Gasteiger partial charge on any atom is -0.265 e. The number of nitrogens with one attached hydrogen (secondary N) is 1.